The molecule has 0 unspecified atom stereocenters. The second-order valence-corrected chi connectivity index (χ2v) is 4.48. The van der Waals surface area contributed by atoms with Crippen molar-refractivity contribution < 1.29 is 9.15 Å². The van der Waals surface area contributed by atoms with Crippen LogP contribution in [0.15, 0.2) is 23.0 Å². The molecule has 2 rings (SSSR count). The Bertz CT molecular complexity index is 282. The average Bonchev–Trinajstić information content (AvgIpc) is 2.88. The molecule has 1 aromatic rings. The lowest BCUT2D eigenvalue weighted by Gasteiger charge is -2.22. The standard InChI is InChI=1S/C13H22N2O2/c1(5-15-10-12-4-9-16-11-12)8-17-13-2-6-14-7-3-13/h4,9,11,13-15H,1-3,5-8,10H2. The summed E-state index contributed by atoms with van der Waals surface area (Å²) in [6.45, 7) is 4.94. The zero-order valence-corrected chi connectivity index (χ0v) is 10.3. The molecule has 2 heterocycles. The Morgan fingerprint density at radius 3 is 3.06 bits per heavy atom. The Labute approximate surface area is 103 Å². The summed E-state index contributed by atoms with van der Waals surface area (Å²) in [5.41, 5.74) is 1.20. The molecule has 1 fully saturated rings. The van der Waals surface area contributed by atoms with E-state index in [0.717, 1.165) is 52.0 Å². The monoisotopic (exact) mass is 238 g/mol. The molecular weight excluding hydrogens is 216 g/mol. The number of hydrogen-bond donors (Lipinski definition) is 2. The van der Waals surface area contributed by atoms with Crippen LogP contribution in [0.3, 0.4) is 0 Å². The highest BCUT2D eigenvalue weighted by Gasteiger charge is 2.12. The minimum Gasteiger partial charge on any atom is -0.472 e. The molecule has 1 aliphatic heterocycles. The van der Waals surface area contributed by atoms with E-state index in [0.29, 0.717) is 6.10 Å². The van der Waals surface area contributed by atoms with Crippen LogP contribution in [0.25, 0.3) is 0 Å². The van der Waals surface area contributed by atoms with Crippen molar-refractivity contribution in [2.45, 2.75) is 31.9 Å². The van der Waals surface area contributed by atoms with Gasteiger partial charge in [0.1, 0.15) is 0 Å². The quantitative estimate of drug-likeness (QED) is 0.707. The lowest BCUT2D eigenvalue weighted by atomic mass is 10.1. The maximum Gasteiger partial charge on any atom is 0.0947 e. The minimum absolute atomic E-state index is 0.477. The molecule has 4 heteroatoms. The van der Waals surface area contributed by atoms with E-state index >= 15 is 0 Å². The Morgan fingerprint density at radius 1 is 1.41 bits per heavy atom. The summed E-state index contributed by atoms with van der Waals surface area (Å²) in [6, 6.07) is 1.98. The Balaban J connectivity index is 1.43. The molecule has 0 spiro atoms. The van der Waals surface area contributed by atoms with E-state index in [4.69, 9.17) is 9.15 Å². The fourth-order valence-corrected chi connectivity index (χ4v) is 2.04. The molecule has 4 nitrogen and oxygen atoms in total. The van der Waals surface area contributed by atoms with Gasteiger partial charge in [-0.25, -0.2) is 0 Å². The first kappa shape index (κ1) is 12.6. The van der Waals surface area contributed by atoms with Gasteiger partial charge < -0.3 is 19.8 Å². The average molecular weight is 238 g/mol. The smallest absolute Gasteiger partial charge is 0.0947 e. The molecule has 96 valence electrons. The Morgan fingerprint density at radius 2 is 2.29 bits per heavy atom. The van der Waals surface area contributed by atoms with Gasteiger partial charge in [-0.15, -0.1) is 0 Å². The highest BCUT2D eigenvalue weighted by Crippen LogP contribution is 2.07. The number of furan rings is 1. The summed E-state index contributed by atoms with van der Waals surface area (Å²) in [4.78, 5) is 0. The summed E-state index contributed by atoms with van der Waals surface area (Å²) >= 11 is 0. The fraction of sp³-hybridized carbons (Fsp3) is 0.692. The first-order chi connectivity index (χ1) is 8.45. The molecule has 0 aromatic carbocycles. The number of ether oxygens (including phenoxy) is 1. The normalized spacial score (nSPS) is 17.4. The third-order valence-electron chi connectivity index (χ3n) is 3.05. The third kappa shape index (κ3) is 4.89. The molecule has 0 amide bonds. The van der Waals surface area contributed by atoms with Crippen molar-refractivity contribution in [3.8, 4) is 0 Å². The van der Waals surface area contributed by atoms with Crippen molar-refractivity contribution in [2.24, 2.45) is 0 Å². The molecule has 0 aliphatic carbocycles. The number of nitrogens with one attached hydrogen (secondary N) is 2. The van der Waals surface area contributed by atoms with Gasteiger partial charge in [-0.05, 0) is 45.0 Å². The van der Waals surface area contributed by atoms with Gasteiger partial charge in [0, 0.05) is 18.7 Å². The van der Waals surface area contributed by atoms with Crippen LogP contribution in [0.5, 0.6) is 0 Å². The predicted molar refractivity (Wildman–Crippen MR) is 66.9 cm³/mol. The predicted octanol–water partition coefficient (Wildman–Crippen LogP) is 1.53. The SMILES string of the molecule is c1cc(CNCCCOC2CCNCC2)co1. The van der Waals surface area contributed by atoms with Crippen LogP contribution < -0.4 is 10.6 Å². The van der Waals surface area contributed by atoms with Crippen molar-refractivity contribution in [1.82, 2.24) is 10.6 Å². The van der Waals surface area contributed by atoms with Crippen LogP contribution in [0.1, 0.15) is 24.8 Å². The van der Waals surface area contributed by atoms with E-state index < -0.39 is 0 Å². The van der Waals surface area contributed by atoms with E-state index in [1.807, 2.05) is 6.07 Å². The first-order valence-corrected chi connectivity index (χ1v) is 6.49. The van der Waals surface area contributed by atoms with Crippen LogP contribution in [-0.4, -0.2) is 32.3 Å². The van der Waals surface area contributed by atoms with E-state index in [2.05, 4.69) is 10.6 Å². The summed E-state index contributed by atoms with van der Waals surface area (Å²) < 4.78 is 10.8. The van der Waals surface area contributed by atoms with E-state index in [9.17, 15) is 0 Å². The Kier molecular flexibility index (Phi) is 5.55. The van der Waals surface area contributed by atoms with E-state index in [-0.39, 0.29) is 0 Å². The number of rotatable bonds is 7. The molecule has 0 bridgehead atoms. The van der Waals surface area contributed by atoms with Crippen LogP contribution in [0.2, 0.25) is 0 Å². The number of hydrogen-bond acceptors (Lipinski definition) is 4. The van der Waals surface area contributed by atoms with Gasteiger partial charge >= 0.3 is 0 Å². The van der Waals surface area contributed by atoms with Gasteiger partial charge in [0.15, 0.2) is 0 Å². The molecule has 1 saturated heterocycles. The molecular formula is C13H22N2O2. The summed E-state index contributed by atoms with van der Waals surface area (Å²) in [7, 11) is 0. The van der Waals surface area contributed by atoms with Crippen LogP contribution in [0.4, 0.5) is 0 Å². The van der Waals surface area contributed by atoms with Crippen molar-refractivity contribution in [3.05, 3.63) is 24.2 Å². The van der Waals surface area contributed by atoms with Crippen molar-refractivity contribution in [3.63, 3.8) is 0 Å². The van der Waals surface area contributed by atoms with Gasteiger partial charge in [-0.1, -0.05) is 0 Å². The summed E-state index contributed by atoms with van der Waals surface area (Å²) in [5, 5.41) is 6.71. The fourth-order valence-electron chi connectivity index (χ4n) is 2.04. The molecule has 1 aromatic heterocycles. The molecule has 1 aliphatic rings. The lowest BCUT2D eigenvalue weighted by Crippen LogP contribution is -2.32. The summed E-state index contributed by atoms with van der Waals surface area (Å²) in [6.07, 6.45) is 7.34. The number of piperidine rings is 1. The zero-order valence-electron chi connectivity index (χ0n) is 10.3. The third-order valence-corrected chi connectivity index (χ3v) is 3.05. The Hall–Kier alpha value is -0.840. The van der Waals surface area contributed by atoms with E-state index in [1.165, 1.54) is 5.56 Å². The van der Waals surface area contributed by atoms with Gasteiger partial charge in [0.2, 0.25) is 0 Å². The molecule has 17 heavy (non-hydrogen) atoms. The van der Waals surface area contributed by atoms with Gasteiger partial charge in [0.05, 0.1) is 18.6 Å². The zero-order chi connectivity index (χ0) is 11.8. The van der Waals surface area contributed by atoms with Crippen LogP contribution >= 0.6 is 0 Å². The van der Waals surface area contributed by atoms with Crippen molar-refractivity contribution in [2.75, 3.05) is 26.2 Å². The maximum absolute atomic E-state index is 5.82. The van der Waals surface area contributed by atoms with Gasteiger partial charge in [-0.2, -0.15) is 0 Å². The molecule has 0 saturated carbocycles. The van der Waals surface area contributed by atoms with Crippen molar-refractivity contribution >= 4 is 0 Å². The highest BCUT2D eigenvalue weighted by molar-refractivity contribution is 5.04. The van der Waals surface area contributed by atoms with Crippen LogP contribution in [-0.2, 0) is 11.3 Å². The minimum atomic E-state index is 0.477. The van der Waals surface area contributed by atoms with Gasteiger partial charge in [0.25, 0.3) is 0 Å². The van der Waals surface area contributed by atoms with E-state index in [1.54, 1.807) is 12.5 Å². The highest BCUT2D eigenvalue weighted by atomic mass is 16.5. The lowest BCUT2D eigenvalue weighted by molar-refractivity contribution is 0.0317. The summed E-state index contributed by atoms with van der Waals surface area (Å²) in [5.74, 6) is 0. The van der Waals surface area contributed by atoms with Crippen molar-refractivity contribution in [1.29, 1.82) is 0 Å². The topological polar surface area (TPSA) is 46.4 Å². The molecule has 2 N–H and O–H groups in total. The molecule has 0 atom stereocenters. The van der Waals surface area contributed by atoms with Gasteiger partial charge in [-0.3, -0.25) is 0 Å². The largest absolute Gasteiger partial charge is 0.472 e. The maximum atomic E-state index is 5.82. The van der Waals surface area contributed by atoms with Crippen LogP contribution in [0, 0.1) is 0 Å². The second kappa shape index (κ2) is 7.48. The molecule has 0 radical (unpaired) electrons. The second-order valence-electron chi connectivity index (χ2n) is 4.48. The first-order valence-electron chi connectivity index (χ1n) is 6.49.